The number of aromatic nitrogens is 4. The Morgan fingerprint density at radius 1 is 1.21 bits per heavy atom. The highest BCUT2D eigenvalue weighted by atomic mass is 16.2. The average Bonchev–Trinajstić information content (AvgIpc) is 3.70. The van der Waals surface area contributed by atoms with Gasteiger partial charge in [-0.1, -0.05) is 6.07 Å². The number of rotatable bonds is 6. The Bertz CT molecular complexity index is 1110. The first kappa shape index (κ1) is 24.0. The Labute approximate surface area is 200 Å². The van der Waals surface area contributed by atoms with E-state index >= 15 is 0 Å². The van der Waals surface area contributed by atoms with Crippen LogP contribution in [0.4, 0.5) is 0 Å². The summed E-state index contributed by atoms with van der Waals surface area (Å²) in [5.41, 5.74) is 9.13. The Kier molecular flexibility index (Phi) is 7.65. The van der Waals surface area contributed by atoms with Gasteiger partial charge in [-0.2, -0.15) is 5.10 Å². The number of carbonyl (C=O) groups excluding carboxylic acids is 2. The Morgan fingerprint density at radius 3 is 2.44 bits per heavy atom. The number of primary amides is 1. The normalized spacial score (nSPS) is 17.1. The zero-order valence-corrected chi connectivity index (χ0v) is 20.2. The summed E-state index contributed by atoms with van der Waals surface area (Å²) in [6.45, 7) is 5.60. The van der Waals surface area contributed by atoms with Crippen LogP contribution in [0.15, 0.2) is 30.5 Å². The predicted octanol–water partition coefficient (Wildman–Crippen LogP) is 3.75. The second kappa shape index (κ2) is 10.8. The molecular weight excluding hydrogens is 428 g/mol. The van der Waals surface area contributed by atoms with Crippen molar-refractivity contribution in [2.24, 2.45) is 23.5 Å². The van der Waals surface area contributed by atoms with E-state index in [4.69, 9.17) is 10.7 Å². The van der Waals surface area contributed by atoms with E-state index in [1.165, 1.54) is 49.0 Å². The molecule has 0 atom stereocenters. The monoisotopic (exact) mass is 464 g/mol. The van der Waals surface area contributed by atoms with Gasteiger partial charge in [0.1, 0.15) is 11.5 Å². The van der Waals surface area contributed by atoms with E-state index in [9.17, 15) is 9.59 Å². The zero-order chi connectivity index (χ0) is 24.1. The maximum atomic E-state index is 10.6. The van der Waals surface area contributed by atoms with Crippen molar-refractivity contribution < 1.29 is 9.59 Å². The van der Waals surface area contributed by atoms with E-state index in [0.29, 0.717) is 12.2 Å². The molecule has 2 saturated carbocycles. The van der Waals surface area contributed by atoms with Crippen LogP contribution in [0.5, 0.6) is 0 Å². The van der Waals surface area contributed by atoms with Crippen LogP contribution in [-0.4, -0.2) is 38.1 Å². The number of hydrogen-bond donors (Lipinski definition) is 3. The van der Waals surface area contributed by atoms with Gasteiger partial charge in [0.05, 0.1) is 11.0 Å². The van der Waals surface area contributed by atoms with Crippen molar-refractivity contribution in [2.75, 3.05) is 6.54 Å². The van der Waals surface area contributed by atoms with Crippen molar-refractivity contribution in [1.29, 1.82) is 0 Å². The predicted molar refractivity (Wildman–Crippen MR) is 132 cm³/mol. The largest absolute Gasteiger partial charge is 0.364 e. The highest BCUT2D eigenvalue weighted by Gasteiger charge is 2.41. The van der Waals surface area contributed by atoms with Crippen LogP contribution >= 0.6 is 0 Å². The van der Waals surface area contributed by atoms with Crippen LogP contribution in [0.1, 0.15) is 67.3 Å². The number of carbonyl (C=O) groups is 2. The first-order chi connectivity index (χ1) is 16.4. The number of aromatic amines is 1. The van der Waals surface area contributed by atoms with Crippen LogP contribution in [0.25, 0.3) is 11.0 Å². The number of fused-ring (bicyclic) bond motifs is 1. The molecule has 0 bridgehead atoms. The standard InChI is InChI=1S/C16H20N2.C6H9N3O.C4H7NO/c1-10-2-7-14-15(8-10)18-16(17-14)9-13(11-3-4-11)12-5-6-12;1-2-9-5(6(7)10)3-4-8-9;6-4-2-1-3-5-4/h2,7-8,11-13H,3-6,9H2,1H3,(H,17,18);3-4H,2H2,1H3,(H2,7,10);1-3H2,(H,5,6). The van der Waals surface area contributed by atoms with Gasteiger partial charge >= 0.3 is 0 Å². The van der Waals surface area contributed by atoms with Gasteiger partial charge in [-0.3, -0.25) is 14.3 Å². The number of hydrogen-bond acceptors (Lipinski definition) is 4. The molecule has 182 valence electrons. The molecule has 8 heteroatoms. The summed E-state index contributed by atoms with van der Waals surface area (Å²) >= 11 is 0. The lowest BCUT2D eigenvalue weighted by Gasteiger charge is -2.12. The molecule has 0 spiro atoms. The van der Waals surface area contributed by atoms with E-state index in [2.05, 4.69) is 40.5 Å². The number of nitrogens with zero attached hydrogens (tertiary/aromatic N) is 3. The molecule has 3 aromatic rings. The molecule has 3 fully saturated rings. The van der Waals surface area contributed by atoms with E-state index in [-0.39, 0.29) is 5.91 Å². The maximum absolute atomic E-state index is 10.6. The minimum atomic E-state index is -0.431. The summed E-state index contributed by atoms with van der Waals surface area (Å²) in [7, 11) is 0. The quantitative estimate of drug-likeness (QED) is 0.515. The molecule has 2 aliphatic carbocycles. The fourth-order valence-electron chi connectivity index (χ4n) is 4.62. The summed E-state index contributed by atoms with van der Waals surface area (Å²) < 4.78 is 1.56. The number of amides is 2. The summed E-state index contributed by atoms with van der Waals surface area (Å²) in [5, 5.41) is 6.55. The number of nitrogens with one attached hydrogen (secondary N) is 2. The third-order valence-electron chi connectivity index (χ3n) is 6.74. The molecule has 34 heavy (non-hydrogen) atoms. The lowest BCUT2D eigenvalue weighted by Crippen LogP contribution is -2.16. The molecule has 0 radical (unpaired) electrons. The van der Waals surface area contributed by atoms with Gasteiger partial charge in [0.2, 0.25) is 5.91 Å². The van der Waals surface area contributed by atoms with Gasteiger partial charge in [-0.25, -0.2) is 4.98 Å². The van der Waals surface area contributed by atoms with Gasteiger partial charge in [-0.15, -0.1) is 0 Å². The fraction of sp³-hybridized carbons (Fsp3) is 0.538. The second-order valence-electron chi connectivity index (χ2n) is 9.60. The Hall–Kier alpha value is -3.16. The SMILES string of the molecule is CCn1nccc1C(N)=O.Cc1ccc2nc(CC(C3CC3)C3CC3)[nH]c2c1.O=C1CCCN1. The minimum Gasteiger partial charge on any atom is -0.364 e. The van der Waals surface area contributed by atoms with Crippen LogP contribution in [0, 0.1) is 24.7 Å². The molecular formula is C26H36N6O2. The van der Waals surface area contributed by atoms with Gasteiger partial charge in [0, 0.05) is 32.1 Å². The second-order valence-corrected chi connectivity index (χ2v) is 9.60. The third kappa shape index (κ3) is 6.46. The molecule has 1 saturated heterocycles. The molecule has 1 aliphatic heterocycles. The molecule has 3 heterocycles. The highest BCUT2D eigenvalue weighted by molar-refractivity contribution is 5.90. The van der Waals surface area contributed by atoms with Gasteiger partial charge in [-0.05, 0) is 87.5 Å². The summed E-state index contributed by atoms with van der Waals surface area (Å²) in [6, 6.07) is 8.08. The zero-order valence-electron chi connectivity index (χ0n) is 20.2. The van der Waals surface area contributed by atoms with Gasteiger partial charge in [0.15, 0.2) is 0 Å². The van der Waals surface area contributed by atoms with Crippen molar-refractivity contribution in [3.63, 3.8) is 0 Å². The first-order valence-electron chi connectivity index (χ1n) is 12.5. The van der Waals surface area contributed by atoms with Crippen LogP contribution in [-0.2, 0) is 17.8 Å². The summed E-state index contributed by atoms with van der Waals surface area (Å²) in [5.74, 6) is 3.90. The number of imidazole rings is 1. The molecule has 1 aromatic carbocycles. The number of H-pyrrole nitrogens is 1. The highest BCUT2D eigenvalue weighted by Crippen LogP contribution is 2.50. The van der Waals surface area contributed by atoms with Gasteiger partial charge < -0.3 is 16.0 Å². The number of benzene rings is 1. The molecule has 8 nitrogen and oxygen atoms in total. The Balaban J connectivity index is 0.000000144. The van der Waals surface area contributed by atoms with Crippen molar-refractivity contribution in [1.82, 2.24) is 25.1 Å². The van der Waals surface area contributed by atoms with Crippen molar-refractivity contribution in [2.45, 2.75) is 65.3 Å². The molecule has 2 amide bonds. The van der Waals surface area contributed by atoms with E-state index in [1.807, 2.05) is 6.92 Å². The smallest absolute Gasteiger partial charge is 0.266 e. The maximum Gasteiger partial charge on any atom is 0.266 e. The van der Waals surface area contributed by atoms with Crippen LogP contribution in [0.2, 0.25) is 0 Å². The lowest BCUT2D eigenvalue weighted by atomic mass is 9.94. The third-order valence-corrected chi connectivity index (χ3v) is 6.74. The van der Waals surface area contributed by atoms with E-state index in [1.54, 1.807) is 16.9 Å². The molecule has 2 aromatic heterocycles. The Morgan fingerprint density at radius 2 is 1.94 bits per heavy atom. The van der Waals surface area contributed by atoms with E-state index < -0.39 is 5.91 Å². The van der Waals surface area contributed by atoms with Crippen molar-refractivity contribution in [3.8, 4) is 0 Å². The number of nitrogens with two attached hydrogens (primary N) is 1. The lowest BCUT2D eigenvalue weighted by molar-refractivity contribution is -0.119. The van der Waals surface area contributed by atoms with E-state index in [0.717, 1.165) is 42.7 Å². The summed E-state index contributed by atoms with van der Waals surface area (Å²) in [6.07, 6.45) is 10.3. The first-order valence-corrected chi connectivity index (χ1v) is 12.5. The van der Waals surface area contributed by atoms with Crippen LogP contribution < -0.4 is 11.1 Å². The van der Waals surface area contributed by atoms with Gasteiger partial charge in [0.25, 0.3) is 5.91 Å². The molecule has 6 rings (SSSR count). The van der Waals surface area contributed by atoms with Crippen LogP contribution in [0.3, 0.4) is 0 Å². The summed E-state index contributed by atoms with van der Waals surface area (Å²) in [4.78, 5) is 29.0. The minimum absolute atomic E-state index is 0.204. The fourth-order valence-corrected chi connectivity index (χ4v) is 4.62. The van der Waals surface area contributed by atoms with Crippen molar-refractivity contribution >= 4 is 22.8 Å². The molecule has 3 aliphatic rings. The van der Waals surface area contributed by atoms with Crippen molar-refractivity contribution in [3.05, 3.63) is 47.5 Å². The number of aryl methyl sites for hydroxylation is 2. The topological polar surface area (TPSA) is 119 Å². The molecule has 4 N–H and O–H groups in total. The molecule has 0 unspecified atom stereocenters. The average molecular weight is 465 g/mol.